The van der Waals surface area contributed by atoms with Crippen LogP contribution < -0.4 is 0 Å². The van der Waals surface area contributed by atoms with Crippen molar-refractivity contribution < 1.29 is 24.3 Å². The molecule has 1 heterocycles. The van der Waals surface area contributed by atoms with E-state index in [0.717, 1.165) is 11.7 Å². The van der Waals surface area contributed by atoms with Gasteiger partial charge in [0, 0.05) is 0 Å². The van der Waals surface area contributed by atoms with E-state index in [1.54, 1.807) is 20.8 Å². The van der Waals surface area contributed by atoms with Gasteiger partial charge in [-0.15, -0.1) is 0 Å². The van der Waals surface area contributed by atoms with Crippen molar-refractivity contribution in [1.82, 2.24) is 8.75 Å². The van der Waals surface area contributed by atoms with Gasteiger partial charge in [-0.2, -0.15) is 8.75 Å². The van der Waals surface area contributed by atoms with Gasteiger partial charge in [0.2, 0.25) is 12.3 Å². The lowest BCUT2D eigenvalue weighted by Crippen LogP contribution is -2.26. The third-order valence-electron chi connectivity index (χ3n) is 1.56. The van der Waals surface area contributed by atoms with Crippen molar-refractivity contribution in [2.75, 3.05) is 6.61 Å². The van der Waals surface area contributed by atoms with Crippen molar-refractivity contribution in [1.29, 1.82) is 0 Å². The Bertz CT molecular complexity index is 478. The first-order valence-electron chi connectivity index (χ1n) is 5.22. The molecule has 1 rings (SSSR count). The SMILES string of the molecule is CC(C)(C)OC(=O)CO/N=C(\C(=O)O)c1cnsn1. The van der Waals surface area contributed by atoms with E-state index < -0.39 is 29.9 Å². The second-order valence-electron chi connectivity index (χ2n) is 4.40. The lowest BCUT2D eigenvalue weighted by Gasteiger charge is -2.18. The molecule has 1 N–H and O–H groups in total. The van der Waals surface area contributed by atoms with Crippen molar-refractivity contribution in [3.05, 3.63) is 11.9 Å². The highest BCUT2D eigenvalue weighted by Crippen LogP contribution is 2.07. The molecule has 0 aliphatic rings. The minimum atomic E-state index is -1.32. The molecule has 1 aromatic rings. The Hall–Kier alpha value is -2.03. The Morgan fingerprint density at radius 2 is 2.16 bits per heavy atom. The highest BCUT2D eigenvalue weighted by molar-refractivity contribution is 6.99. The van der Waals surface area contributed by atoms with Crippen LogP contribution in [-0.2, 0) is 19.2 Å². The fourth-order valence-electron chi connectivity index (χ4n) is 0.985. The number of ether oxygens (including phenoxy) is 1. The third-order valence-corrected chi connectivity index (χ3v) is 2.04. The summed E-state index contributed by atoms with van der Waals surface area (Å²) in [4.78, 5) is 26.9. The molecule has 0 spiro atoms. The number of hydrogen-bond donors (Lipinski definition) is 1. The zero-order chi connectivity index (χ0) is 14.5. The maximum absolute atomic E-state index is 11.3. The molecular formula is C10H13N3O5S. The molecule has 0 saturated heterocycles. The van der Waals surface area contributed by atoms with Crippen LogP contribution >= 0.6 is 11.7 Å². The number of nitrogens with zero attached hydrogens (tertiary/aromatic N) is 3. The summed E-state index contributed by atoms with van der Waals surface area (Å²) in [7, 11) is 0. The number of rotatable bonds is 5. The Kier molecular flexibility index (Phi) is 4.93. The zero-order valence-corrected chi connectivity index (χ0v) is 11.4. The molecule has 104 valence electrons. The number of hydrogen-bond acceptors (Lipinski definition) is 8. The smallest absolute Gasteiger partial charge is 0.360 e. The molecule has 9 heteroatoms. The summed E-state index contributed by atoms with van der Waals surface area (Å²) in [5.41, 5.74) is -0.988. The van der Waals surface area contributed by atoms with E-state index in [9.17, 15) is 9.59 Å². The molecule has 8 nitrogen and oxygen atoms in total. The number of oxime groups is 1. The number of carboxylic acids is 1. The summed E-state index contributed by atoms with van der Waals surface area (Å²) < 4.78 is 12.3. The zero-order valence-electron chi connectivity index (χ0n) is 10.6. The van der Waals surface area contributed by atoms with Crippen LogP contribution in [-0.4, -0.2) is 43.7 Å². The predicted molar refractivity (Wildman–Crippen MR) is 65.9 cm³/mol. The van der Waals surface area contributed by atoms with Crippen LogP contribution in [0.1, 0.15) is 26.5 Å². The third kappa shape index (κ3) is 5.42. The lowest BCUT2D eigenvalue weighted by atomic mass is 10.2. The molecule has 0 amide bonds. The monoisotopic (exact) mass is 287 g/mol. The van der Waals surface area contributed by atoms with Crippen molar-refractivity contribution in [3.8, 4) is 0 Å². The molecule has 0 saturated carbocycles. The van der Waals surface area contributed by atoms with E-state index in [-0.39, 0.29) is 5.69 Å². The highest BCUT2D eigenvalue weighted by atomic mass is 32.1. The quantitative estimate of drug-likeness (QED) is 0.481. The van der Waals surface area contributed by atoms with Gasteiger partial charge in [0.25, 0.3) is 0 Å². The average molecular weight is 287 g/mol. The number of carbonyl (C=O) groups is 2. The van der Waals surface area contributed by atoms with Crippen molar-refractivity contribution in [3.63, 3.8) is 0 Å². The molecule has 0 atom stereocenters. The van der Waals surface area contributed by atoms with E-state index in [0.29, 0.717) is 0 Å². The van der Waals surface area contributed by atoms with Crippen molar-refractivity contribution in [2.45, 2.75) is 26.4 Å². The first kappa shape index (κ1) is 15.0. The van der Waals surface area contributed by atoms with Crippen molar-refractivity contribution >= 4 is 29.4 Å². The topological polar surface area (TPSA) is 111 Å². The van der Waals surface area contributed by atoms with Gasteiger partial charge in [0.15, 0.2) is 0 Å². The van der Waals surface area contributed by atoms with Crippen LogP contribution in [0, 0.1) is 0 Å². The molecule has 0 unspecified atom stereocenters. The molecule has 0 fully saturated rings. The summed E-state index contributed by atoms with van der Waals surface area (Å²) in [5.74, 6) is -1.96. The standard InChI is InChI=1S/C10H13N3O5S/c1-10(2,3)18-7(14)5-17-12-8(9(15)16)6-4-11-19-13-6/h4H,5H2,1-3H3,(H,15,16)/b12-8-. The first-order valence-corrected chi connectivity index (χ1v) is 5.95. The predicted octanol–water partition coefficient (Wildman–Crippen LogP) is 0.685. The molecule has 1 aromatic heterocycles. The Labute approximate surface area is 113 Å². The van der Waals surface area contributed by atoms with E-state index in [2.05, 4.69) is 18.7 Å². The molecule has 19 heavy (non-hydrogen) atoms. The van der Waals surface area contributed by atoms with Gasteiger partial charge in [-0.1, -0.05) is 5.16 Å². The number of carboxylic acid groups (broad SMARTS) is 1. The van der Waals surface area contributed by atoms with Crippen LogP contribution in [0.4, 0.5) is 0 Å². The van der Waals surface area contributed by atoms with E-state index in [1.165, 1.54) is 6.20 Å². The van der Waals surface area contributed by atoms with Crippen LogP contribution in [0.2, 0.25) is 0 Å². The number of carbonyl (C=O) groups excluding carboxylic acids is 1. The number of aliphatic carboxylic acids is 1. The van der Waals surface area contributed by atoms with Gasteiger partial charge in [0.1, 0.15) is 11.3 Å². The van der Waals surface area contributed by atoms with Crippen LogP contribution in [0.15, 0.2) is 11.4 Å². The van der Waals surface area contributed by atoms with Crippen LogP contribution in [0.25, 0.3) is 0 Å². The van der Waals surface area contributed by atoms with Gasteiger partial charge in [-0.05, 0) is 20.8 Å². The molecule has 0 radical (unpaired) electrons. The second-order valence-corrected chi connectivity index (χ2v) is 4.95. The Balaban J connectivity index is 2.59. The summed E-state index contributed by atoms with van der Waals surface area (Å²) in [5, 5.41) is 12.3. The maximum Gasteiger partial charge on any atom is 0.360 e. The summed E-state index contributed by atoms with van der Waals surface area (Å²) in [6, 6.07) is 0. The summed E-state index contributed by atoms with van der Waals surface area (Å²) in [6.07, 6.45) is 1.24. The molecule has 0 bridgehead atoms. The molecule has 0 aromatic carbocycles. The number of esters is 1. The minimum absolute atomic E-state index is 0.0710. The van der Waals surface area contributed by atoms with Crippen LogP contribution in [0.3, 0.4) is 0 Å². The Morgan fingerprint density at radius 3 is 2.63 bits per heavy atom. The van der Waals surface area contributed by atoms with E-state index in [1.807, 2.05) is 0 Å². The maximum atomic E-state index is 11.3. The van der Waals surface area contributed by atoms with Gasteiger partial charge in [-0.3, -0.25) is 0 Å². The molecule has 0 aliphatic heterocycles. The van der Waals surface area contributed by atoms with Gasteiger partial charge < -0.3 is 14.7 Å². The average Bonchev–Trinajstić information content (AvgIpc) is 2.74. The largest absolute Gasteiger partial charge is 0.476 e. The Morgan fingerprint density at radius 1 is 1.47 bits per heavy atom. The summed E-state index contributed by atoms with van der Waals surface area (Å²) >= 11 is 0.842. The molecule has 0 aliphatic carbocycles. The summed E-state index contributed by atoms with van der Waals surface area (Å²) in [6.45, 7) is 4.64. The van der Waals surface area contributed by atoms with Gasteiger partial charge in [0.05, 0.1) is 17.9 Å². The fraction of sp³-hybridized carbons (Fsp3) is 0.500. The lowest BCUT2D eigenvalue weighted by molar-refractivity contribution is -0.160. The van der Waals surface area contributed by atoms with Gasteiger partial charge in [-0.25, -0.2) is 9.59 Å². The van der Waals surface area contributed by atoms with Gasteiger partial charge >= 0.3 is 11.9 Å². The van der Waals surface area contributed by atoms with Crippen molar-refractivity contribution in [2.24, 2.45) is 5.16 Å². The van der Waals surface area contributed by atoms with Crippen LogP contribution in [0.5, 0.6) is 0 Å². The fourth-order valence-corrected chi connectivity index (χ4v) is 1.40. The minimum Gasteiger partial charge on any atom is -0.476 e. The normalized spacial score (nSPS) is 12.1. The number of aromatic nitrogens is 2. The molecular weight excluding hydrogens is 274 g/mol. The van der Waals surface area contributed by atoms with E-state index in [4.69, 9.17) is 9.84 Å². The second kappa shape index (κ2) is 6.23. The first-order chi connectivity index (χ1) is 8.79. The van der Waals surface area contributed by atoms with E-state index >= 15 is 0 Å². The highest BCUT2D eigenvalue weighted by Gasteiger charge is 2.19.